The molecular weight excluding hydrogens is 196 g/mol. The molecule has 15 heavy (non-hydrogen) atoms. The van der Waals surface area contributed by atoms with Crippen LogP contribution in [0.3, 0.4) is 0 Å². The number of ether oxygens (including phenoxy) is 1. The molecule has 5 nitrogen and oxygen atoms in total. The molecule has 0 aliphatic carbocycles. The third-order valence-corrected chi connectivity index (χ3v) is 1.87. The van der Waals surface area contributed by atoms with Crippen LogP contribution < -0.4 is 0 Å². The normalized spacial score (nSPS) is 12.5. The Morgan fingerprint density at radius 3 is 2.87 bits per heavy atom. The molecule has 0 bridgehead atoms. The second-order valence-electron chi connectivity index (χ2n) is 3.42. The number of nitrogens with zero attached hydrogens (tertiary/aromatic N) is 1. The number of carbonyl (C=O) groups excluding carboxylic acids is 1. The van der Waals surface area contributed by atoms with Crippen molar-refractivity contribution in [2.24, 2.45) is 0 Å². The summed E-state index contributed by atoms with van der Waals surface area (Å²) in [6.45, 7) is 5.48. The van der Waals surface area contributed by atoms with Crippen molar-refractivity contribution in [3.05, 3.63) is 17.2 Å². The Morgan fingerprint density at radius 1 is 1.67 bits per heavy atom. The number of carbonyl (C=O) groups is 1. The second kappa shape index (κ2) is 4.93. The van der Waals surface area contributed by atoms with Gasteiger partial charge in [-0.2, -0.15) is 0 Å². The van der Waals surface area contributed by atoms with Gasteiger partial charge in [-0.25, -0.2) is 9.78 Å². The third-order valence-electron chi connectivity index (χ3n) is 1.87. The number of H-pyrrole nitrogens is 1. The van der Waals surface area contributed by atoms with Gasteiger partial charge in [-0.15, -0.1) is 0 Å². The Kier molecular flexibility index (Phi) is 3.85. The lowest BCUT2D eigenvalue weighted by atomic mass is 10.2. The number of imidazole rings is 1. The SMILES string of the molecule is CCOC(=O)c1nc(C)[nH]c1C[C@H](C)O. The number of aromatic amines is 1. The first-order valence-electron chi connectivity index (χ1n) is 4.95. The fourth-order valence-corrected chi connectivity index (χ4v) is 1.35. The molecule has 0 fully saturated rings. The maximum atomic E-state index is 11.5. The van der Waals surface area contributed by atoms with Gasteiger partial charge in [0.2, 0.25) is 0 Å². The molecule has 0 amide bonds. The van der Waals surface area contributed by atoms with Crippen LogP contribution in [0.1, 0.15) is 35.9 Å². The van der Waals surface area contributed by atoms with E-state index in [-0.39, 0.29) is 5.69 Å². The maximum Gasteiger partial charge on any atom is 0.358 e. The minimum Gasteiger partial charge on any atom is -0.461 e. The van der Waals surface area contributed by atoms with Gasteiger partial charge in [0.1, 0.15) is 5.82 Å². The minimum atomic E-state index is -0.516. The van der Waals surface area contributed by atoms with Crippen molar-refractivity contribution in [2.45, 2.75) is 33.3 Å². The summed E-state index contributed by atoms with van der Waals surface area (Å²) >= 11 is 0. The van der Waals surface area contributed by atoms with Gasteiger partial charge in [0.15, 0.2) is 5.69 Å². The quantitative estimate of drug-likeness (QED) is 0.724. The molecule has 0 radical (unpaired) electrons. The molecule has 0 unspecified atom stereocenters. The fourth-order valence-electron chi connectivity index (χ4n) is 1.35. The van der Waals surface area contributed by atoms with Crippen LogP contribution in [0.2, 0.25) is 0 Å². The van der Waals surface area contributed by atoms with Crippen molar-refractivity contribution in [3.8, 4) is 0 Å². The molecule has 84 valence electrons. The van der Waals surface area contributed by atoms with E-state index < -0.39 is 12.1 Å². The van der Waals surface area contributed by atoms with Gasteiger partial charge in [-0.3, -0.25) is 0 Å². The number of aliphatic hydroxyl groups is 1. The van der Waals surface area contributed by atoms with Gasteiger partial charge in [0.05, 0.1) is 18.4 Å². The maximum absolute atomic E-state index is 11.5. The van der Waals surface area contributed by atoms with Crippen LogP contribution in [0.5, 0.6) is 0 Å². The van der Waals surface area contributed by atoms with E-state index in [4.69, 9.17) is 4.74 Å². The lowest BCUT2D eigenvalue weighted by molar-refractivity contribution is 0.0518. The Balaban J connectivity index is 2.90. The summed E-state index contributed by atoms with van der Waals surface area (Å²) in [6.07, 6.45) is -0.146. The number of aromatic nitrogens is 2. The Hall–Kier alpha value is -1.36. The summed E-state index contributed by atoms with van der Waals surface area (Å²) in [4.78, 5) is 18.5. The Morgan fingerprint density at radius 2 is 2.33 bits per heavy atom. The molecule has 0 saturated carbocycles. The zero-order valence-electron chi connectivity index (χ0n) is 9.20. The molecule has 1 atom stereocenters. The second-order valence-corrected chi connectivity index (χ2v) is 3.42. The number of hydrogen-bond acceptors (Lipinski definition) is 4. The van der Waals surface area contributed by atoms with E-state index in [0.29, 0.717) is 24.5 Å². The standard InChI is InChI=1S/C10H16N2O3/c1-4-15-10(14)9-8(5-6(2)13)11-7(3)12-9/h6,13H,4-5H2,1-3H3,(H,11,12)/t6-/m0/s1. The monoisotopic (exact) mass is 212 g/mol. The average molecular weight is 212 g/mol. The fraction of sp³-hybridized carbons (Fsp3) is 0.600. The summed E-state index contributed by atoms with van der Waals surface area (Å²) in [6, 6.07) is 0. The first kappa shape index (κ1) is 11.7. The van der Waals surface area contributed by atoms with Crippen LogP contribution >= 0.6 is 0 Å². The topological polar surface area (TPSA) is 75.2 Å². The summed E-state index contributed by atoms with van der Waals surface area (Å²) in [5.74, 6) is 0.200. The molecule has 1 heterocycles. The zero-order valence-corrected chi connectivity index (χ0v) is 9.20. The lowest BCUT2D eigenvalue weighted by Gasteiger charge is -2.04. The number of hydrogen-bond donors (Lipinski definition) is 2. The molecule has 1 aromatic heterocycles. The van der Waals surface area contributed by atoms with Crippen LogP contribution in [-0.4, -0.2) is 33.8 Å². The van der Waals surface area contributed by atoms with Crippen molar-refractivity contribution in [1.29, 1.82) is 0 Å². The van der Waals surface area contributed by atoms with Gasteiger partial charge in [0, 0.05) is 6.42 Å². The van der Waals surface area contributed by atoms with Crippen LogP contribution in [0.25, 0.3) is 0 Å². The van der Waals surface area contributed by atoms with E-state index in [0.717, 1.165) is 0 Å². The van der Waals surface area contributed by atoms with Crippen LogP contribution in [0.4, 0.5) is 0 Å². The number of aliphatic hydroxyl groups excluding tert-OH is 1. The van der Waals surface area contributed by atoms with Crippen molar-refractivity contribution >= 4 is 5.97 Å². The lowest BCUT2D eigenvalue weighted by Crippen LogP contribution is -2.12. The third kappa shape index (κ3) is 3.06. The van der Waals surface area contributed by atoms with Crippen LogP contribution in [-0.2, 0) is 11.2 Å². The van der Waals surface area contributed by atoms with Crippen molar-refractivity contribution in [2.75, 3.05) is 6.61 Å². The van der Waals surface area contributed by atoms with Crippen molar-refractivity contribution < 1.29 is 14.6 Å². The van der Waals surface area contributed by atoms with Gasteiger partial charge >= 0.3 is 5.97 Å². The predicted octanol–water partition coefficient (Wildman–Crippen LogP) is 0.818. The predicted molar refractivity (Wildman–Crippen MR) is 54.7 cm³/mol. The molecule has 2 N–H and O–H groups in total. The largest absolute Gasteiger partial charge is 0.461 e. The van der Waals surface area contributed by atoms with Gasteiger partial charge < -0.3 is 14.8 Å². The van der Waals surface area contributed by atoms with E-state index >= 15 is 0 Å². The Labute approximate surface area is 88.5 Å². The smallest absolute Gasteiger partial charge is 0.358 e. The van der Waals surface area contributed by atoms with Gasteiger partial charge in [-0.1, -0.05) is 0 Å². The molecule has 0 aromatic carbocycles. The first-order chi connectivity index (χ1) is 7.04. The minimum absolute atomic E-state index is 0.273. The molecule has 1 rings (SSSR count). The molecule has 0 spiro atoms. The average Bonchev–Trinajstić information content (AvgIpc) is 2.46. The van der Waals surface area contributed by atoms with Crippen LogP contribution in [0, 0.1) is 6.92 Å². The van der Waals surface area contributed by atoms with Gasteiger partial charge in [0.25, 0.3) is 0 Å². The molecule has 5 heteroatoms. The highest BCUT2D eigenvalue weighted by molar-refractivity contribution is 5.88. The van der Waals surface area contributed by atoms with Crippen LogP contribution in [0.15, 0.2) is 0 Å². The number of esters is 1. The molecule has 0 aliphatic rings. The van der Waals surface area contributed by atoms with E-state index in [2.05, 4.69) is 9.97 Å². The summed E-state index contributed by atoms with van der Waals surface area (Å²) in [7, 11) is 0. The van der Waals surface area contributed by atoms with Crippen molar-refractivity contribution in [1.82, 2.24) is 9.97 Å². The summed E-state index contributed by atoms with van der Waals surface area (Å²) in [5, 5.41) is 9.25. The summed E-state index contributed by atoms with van der Waals surface area (Å²) < 4.78 is 4.86. The van der Waals surface area contributed by atoms with E-state index in [9.17, 15) is 9.90 Å². The number of aryl methyl sites for hydroxylation is 1. The molecule has 0 aliphatic heterocycles. The highest BCUT2D eigenvalue weighted by atomic mass is 16.5. The van der Waals surface area contributed by atoms with Gasteiger partial charge in [-0.05, 0) is 20.8 Å². The first-order valence-corrected chi connectivity index (χ1v) is 4.95. The van der Waals surface area contributed by atoms with E-state index in [1.54, 1.807) is 20.8 Å². The zero-order chi connectivity index (χ0) is 11.4. The number of rotatable bonds is 4. The van der Waals surface area contributed by atoms with Crippen molar-refractivity contribution in [3.63, 3.8) is 0 Å². The van der Waals surface area contributed by atoms with E-state index in [1.807, 2.05) is 0 Å². The number of nitrogens with one attached hydrogen (secondary N) is 1. The molecule has 0 saturated heterocycles. The highest BCUT2D eigenvalue weighted by Gasteiger charge is 2.18. The summed E-state index contributed by atoms with van der Waals surface area (Å²) in [5.41, 5.74) is 0.899. The molecule has 1 aromatic rings. The Bertz CT molecular complexity index is 344. The molecular formula is C10H16N2O3. The van der Waals surface area contributed by atoms with E-state index in [1.165, 1.54) is 0 Å². The highest BCUT2D eigenvalue weighted by Crippen LogP contribution is 2.10.